The summed E-state index contributed by atoms with van der Waals surface area (Å²) in [5, 5.41) is 6.56. The Bertz CT molecular complexity index is 919. The van der Waals surface area contributed by atoms with E-state index in [9.17, 15) is 9.59 Å². The van der Waals surface area contributed by atoms with Gasteiger partial charge in [-0.05, 0) is 18.6 Å². The Morgan fingerprint density at radius 3 is 2.72 bits per heavy atom. The third kappa shape index (κ3) is 2.47. The molecule has 0 aliphatic carbocycles. The number of nitrogens with zero attached hydrogens (tertiary/aromatic N) is 3. The first kappa shape index (κ1) is 15.1. The van der Waals surface area contributed by atoms with Crippen molar-refractivity contribution in [1.29, 1.82) is 0 Å². The number of amides is 3. The van der Waals surface area contributed by atoms with Gasteiger partial charge in [-0.3, -0.25) is 9.69 Å². The number of carbonyl (C=O) groups excluding carboxylic acids is 2. The van der Waals surface area contributed by atoms with Crippen molar-refractivity contribution in [2.24, 2.45) is 0 Å². The average Bonchev–Trinajstić information content (AvgIpc) is 3.34. The first-order valence-electron chi connectivity index (χ1n) is 7.63. The van der Waals surface area contributed by atoms with Crippen molar-refractivity contribution in [3.63, 3.8) is 0 Å². The minimum absolute atomic E-state index is 0.0750. The van der Waals surface area contributed by atoms with Gasteiger partial charge in [0.15, 0.2) is 5.82 Å². The number of hydrogen-bond donors (Lipinski definition) is 1. The molecule has 0 saturated carbocycles. The maximum Gasteiger partial charge on any atom is 0.325 e. The fraction of sp³-hybridized carbons (Fsp3) is 0.176. The van der Waals surface area contributed by atoms with Gasteiger partial charge in [0, 0.05) is 0 Å². The van der Waals surface area contributed by atoms with E-state index in [0.29, 0.717) is 11.1 Å². The molecule has 1 aromatic carbocycles. The number of aromatic nitrogens is 2. The molecular formula is C17H14N4O4. The van der Waals surface area contributed by atoms with E-state index in [1.807, 2.05) is 18.2 Å². The molecule has 126 valence electrons. The second-order valence-electron chi connectivity index (χ2n) is 5.84. The van der Waals surface area contributed by atoms with Crippen LogP contribution in [0.4, 0.5) is 4.79 Å². The van der Waals surface area contributed by atoms with Crippen LogP contribution in [0.15, 0.2) is 57.9 Å². The summed E-state index contributed by atoms with van der Waals surface area (Å²) in [7, 11) is 0. The molecule has 1 aliphatic rings. The Morgan fingerprint density at radius 1 is 1.20 bits per heavy atom. The van der Waals surface area contributed by atoms with Crippen molar-refractivity contribution in [3.05, 3.63) is 60.3 Å². The summed E-state index contributed by atoms with van der Waals surface area (Å²) >= 11 is 0. The van der Waals surface area contributed by atoms with Crippen molar-refractivity contribution >= 4 is 11.9 Å². The standard InChI is InChI=1S/C17H14N4O4/c1-17(12-5-3-2-4-6-12)15(22)21(16(23)19-17)9-13-18-14(25-20-13)11-7-8-24-10-11/h2-8,10H,9H2,1H3,(H,19,23)/t17-/m1/s1. The van der Waals surface area contributed by atoms with Gasteiger partial charge in [-0.1, -0.05) is 35.5 Å². The highest BCUT2D eigenvalue weighted by atomic mass is 16.5. The fourth-order valence-electron chi connectivity index (χ4n) is 2.77. The van der Waals surface area contributed by atoms with Crippen LogP contribution in [-0.2, 0) is 16.9 Å². The highest BCUT2D eigenvalue weighted by molar-refractivity contribution is 6.07. The number of furan rings is 1. The smallest absolute Gasteiger partial charge is 0.325 e. The molecule has 1 aliphatic heterocycles. The Balaban J connectivity index is 1.57. The molecule has 1 N–H and O–H groups in total. The fourth-order valence-corrected chi connectivity index (χ4v) is 2.77. The predicted molar refractivity (Wildman–Crippen MR) is 84.9 cm³/mol. The summed E-state index contributed by atoms with van der Waals surface area (Å²) in [6, 6.07) is 10.3. The number of carbonyl (C=O) groups is 2. The van der Waals surface area contributed by atoms with Crippen LogP contribution in [0.3, 0.4) is 0 Å². The van der Waals surface area contributed by atoms with Crippen LogP contribution in [0, 0.1) is 0 Å². The van der Waals surface area contributed by atoms with Crippen LogP contribution in [0.25, 0.3) is 11.5 Å². The van der Waals surface area contributed by atoms with Crippen molar-refractivity contribution in [2.75, 3.05) is 0 Å². The molecule has 0 radical (unpaired) electrons. The lowest BCUT2D eigenvalue weighted by atomic mass is 9.92. The molecule has 2 aromatic heterocycles. The maximum atomic E-state index is 12.8. The van der Waals surface area contributed by atoms with E-state index in [1.54, 1.807) is 25.1 Å². The minimum atomic E-state index is -1.12. The summed E-state index contributed by atoms with van der Waals surface area (Å²) < 4.78 is 10.1. The SMILES string of the molecule is C[C@]1(c2ccccc2)NC(=O)N(Cc2noc(-c3ccoc3)n2)C1=O. The van der Waals surface area contributed by atoms with Crippen LogP contribution < -0.4 is 5.32 Å². The molecule has 3 aromatic rings. The quantitative estimate of drug-likeness (QED) is 0.732. The topological polar surface area (TPSA) is 101 Å². The summed E-state index contributed by atoms with van der Waals surface area (Å²) in [5.41, 5.74) is 0.225. The lowest BCUT2D eigenvalue weighted by molar-refractivity contribution is -0.131. The number of nitrogens with one attached hydrogen (secondary N) is 1. The van der Waals surface area contributed by atoms with Crippen molar-refractivity contribution in [1.82, 2.24) is 20.4 Å². The summed E-state index contributed by atoms with van der Waals surface area (Å²) in [6.45, 7) is 1.60. The normalized spacial score (nSPS) is 20.1. The zero-order valence-electron chi connectivity index (χ0n) is 13.3. The number of rotatable bonds is 4. The third-order valence-corrected chi connectivity index (χ3v) is 4.16. The molecule has 1 saturated heterocycles. The van der Waals surface area contributed by atoms with Gasteiger partial charge in [-0.25, -0.2) is 4.79 Å². The number of imide groups is 1. The van der Waals surface area contributed by atoms with E-state index in [-0.39, 0.29) is 24.2 Å². The first-order chi connectivity index (χ1) is 12.1. The molecular weight excluding hydrogens is 324 g/mol. The Labute approximate surface area is 142 Å². The highest BCUT2D eigenvalue weighted by Crippen LogP contribution is 2.29. The summed E-state index contributed by atoms with van der Waals surface area (Å²) in [6.07, 6.45) is 2.96. The Hall–Kier alpha value is -3.42. The van der Waals surface area contributed by atoms with Crippen LogP contribution in [0.2, 0.25) is 0 Å². The van der Waals surface area contributed by atoms with Gasteiger partial charge in [-0.15, -0.1) is 0 Å². The van der Waals surface area contributed by atoms with E-state index in [1.165, 1.54) is 12.5 Å². The molecule has 4 rings (SSSR count). The Kier molecular flexibility index (Phi) is 3.38. The van der Waals surface area contributed by atoms with Gasteiger partial charge < -0.3 is 14.3 Å². The number of hydrogen-bond acceptors (Lipinski definition) is 6. The minimum Gasteiger partial charge on any atom is -0.472 e. The lowest BCUT2D eigenvalue weighted by Gasteiger charge is -2.21. The molecule has 8 nitrogen and oxygen atoms in total. The van der Waals surface area contributed by atoms with E-state index < -0.39 is 11.6 Å². The third-order valence-electron chi connectivity index (χ3n) is 4.16. The van der Waals surface area contributed by atoms with E-state index in [4.69, 9.17) is 8.94 Å². The molecule has 25 heavy (non-hydrogen) atoms. The molecule has 0 unspecified atom stereocenters. The van der Waals surface area contributed by atoms with Crippen LogP contribution in [0.5, 0.6) is 0 Å². The maximum absolute atomic E-state index is 12.8. The monoisotopic (exact) mass is 338 g/mol. The average molecular weight is 338 g/mol. The highest BCUT2D eigenvalue weighted by Gasteiger charge is 2.49. The van der Waals surface area contributed by atoms with Gasteiger partial charge in [0.25, 0.3) is 11.8 Å². The second-order valence-corrected chi connectivity index (χ2v) is 5.84. The van der Waals surface area contributed by atoms with Crippen molar-refractivity contribution in [2.45, 2.75) is 19.0 Å². The van der Waals surface area contributed by atoms with Crippen LogP contribution in [0.1, 0.15) is 18.3 Å². The zero-order valence-corrected chi connectivity index (χ0v) is 13.3. The molecule has 3 amide bonds. The summed E-state index contributed by atoms with van der Waals surface area (Å²) in [5.74, 6) is 0.136. The van der Waals surface area contributed by atoms with Gasteiger partial charge in [0.2, 0.25) is 0 Å². The molecule has 8 heteroatoms. The zero-order chi connectivity index (χ0) is 17.4. The largest absolute Gasteiger partial charge is 0.472 e. The number of urea groups is 1. The van der Waals surface area contributed by atoms with Gasteiger partial charge in [0.05, 0.1) is 18.4 Å². The molecule has 1 atom stereocenters. The summed E-state index contributed by atoms with van der Waals surface area (Å²) in [4.78, 5) is 30.4. The van der Waals surface area contributed by atoms with Crippen molar-refractivity contribution < 1.29 is 18.5 Å². The van der Waals surface area contributed by atoms with Gasteiger partial charge in [-0.2, -0.15) is 4.98 Å². The lowest BCUT2D eigenvalue weighted by Crippen LogP contribution is -2.40. The van der Waals surface area contributed by atoms with Gasteiger partial charge in [0.1, 0.15) is 11.8 Å². The van der Waals surface area contributed by atoms with E-state index in [0.717, 1.165) is 4.90 Å². The van der Waals surface area contributed by atoms with Crippen LogP contribution >= 0.6 is 0 Å². The first-order valence-corrected chi connectivity index (χ1v) is 7.63. The van der Waals surface area contributed by atoms with E-state index in [2.05, 4.69) is 15.5 Å². The molecule has 0 spiro atoms. The molecule has 0 bridgehead atoms. The predicted octanol–water partition coefficient (Wildman–Crippen LogP) is 2.30. The van der Waals surface area contributed by atoms with Crippen LogP contribution in [-0.4, -0.2) is 27.0 Å². The van der Waals surface area contributed by atoms with E-state index >= 15 is 0 Å². The second kappa shape index (κ2) is 5.59. The van der Waals surface area contributed by atoms with Crippen molar-refractivity contribution in [3.8, 4) is 11.5 Å². The number of benzene rings is 1. The molecule has 3 heterocycles. The Morgan fingerprint density at radius 2 is 2.00 bits per heavy atom. The van der Waals surface area contributed by atoms with Gasteiger partial charge >= 0.3 is 6.03 Å². The molecule has 1 fully saturated rings.